The first-order valence-electron chi connectivity index (χ1n) is 9.77. The van der Waals surface area contributed by atoms with Crippen molar-refractivity contribution in [2.75, 3.05) is 23.0 Å². The van der Waals surface area contributed by atoms with Crippen LogP contribution < -0.4 is 14.4 Å². The SMILES string of the molecule is CC[C@H](C(=O)Nc1nnc(-c2ccc(Cl)cc2)s1)N(c1cc([N+](=O)[O-])ccc1OC)S(C)(=O)=O. The van der Waals surface area contributed by atoms with Crippen LogP contribution in [0.15, 0.2) is 42.5 Å². The lowest BCUT2D eigenvalue weighted by atomic mass is 10.1. The number of benzene rings is 2. The number of halogens is 1. The van der Waals surface area contributed by atoms with Crippen molar-refractivity contribution in [3.8, 4) is 16.3 Å². The number of methoxy groups -OCH3 is 1. The molecule has 0 saturated heterocycles. The van der Waals surface area contributed by atoms with Crippen molar-refractivity contribution in [1.82, 2.24) is 10.2 Å². The summed E-state index contributed by atoms with van der Waals surface area (Å²) in [6, 6.07) is 9.17. The number of aromatic nitrogens is 2. The fourth-order valence-electron chi connectivity index (χ4n) is 3.17. The van der Waals surface area contributed by atoms with Gasteiger partial charge in [0, 0.05) is 22.7 Å². The molecule has 3 aromatic rings. The van der Waals surface area contributed by atoms with E-state index >= 15 is 0 Å². The largest absolute Gasteiger partial charge is 0.495 e. The van der Waals surface area contributed by atoms with Crippen LogP contribution in [-0.2, 0) is 14.8 Å². The van der Waals surface area contributed by atoms with Gasteiger partial charge in [0.15, 0.2) is 0 Å². The maximum absolute atomic E-state index is 13.1. The van der Waals surface area contributed by atoms with E-state index in [0.717, 1.165) is 33.5 Å². The smallest absolute Gasteiger partial charge is 0.271 e. The standard InChI is InChI=1S/C20H20ClN5O6S2/c1-4-15(18(27)22-20-24-23-19(33-20)12-5-7-13(21)8-6-12)25(34(3,30)31)16-11-14(26(28)29)9-10-17(16)32-2/h5-11,15H,4H2,1-3H3,(H,22,24,27)/t15-/m1/s1. The van der Waals surface area contributed by atoms with Gasteiger partial charge in [0.2, 0.25) is 21.1 Å². The van der Waals surface area contributed by atoms with Gasteiger partial charge >= 0.3 is 0 Å². The molecule has 0 spiro atoms. The summed E-state index contributed by atoms with van der Waals surface area (Å²) in [5.74, 6) is -0.622. The number of amides is 1. The second-order valence-electron chi connectivity index (χ2n) is 7.00. The van der Waals surface area contributed by atoms with Gasteiger partial charge in [-0.2, -0.15) is 0 Å². The van der Waals surface area contributed by atoms with Crippen molar-refractivity contribution in [2.45, 2.75) is 19.4 Å². The molecule has 0 unspecified atom stereocenters. The molecule has 1 atom stereocenters. The number of nitrogens with one attached hydrogen (secondary N) is 1. The lowest BCUT2D eigenvalue weighted by molar-refractivity contribution is -0.384. The van der Waals surface area contributed by atoms with Crippen LogP contribution in [0.2, 0.25) is 5.02 Å². The van der Waals surface area contributed by atoms with Gasteiger partial charge in [-0.3, -0.25) is 24.5 Å². The molecule has 14 heteroatoms. The average Bonchev–Trinajstić information content (AvgIpc) is 3.24. The fraction of sp³-hybridized carbons (Fsp3) is 0.250. The number of rotatable bonds is 9. The third-order valence-corrected chi connectivity index (χ3v) is 6.99. The highest BCUT2D eigenvalue weighted by atomic mass is 35.5. The van der Waals surface area contributed by atoms with Gasteiger partial charge in [-0.15, -0.1) is 10.2 Å². The molecule has 0 bridgehead atoms. The molecule has 1 N–H and O–H groups in total. The molecule has 11 nitrogen and oxygen atoms in total. The van der Waals surface area contributed by atoms with E-state index in [1.165, 1.54) is 19.2 Å². The number of hydrogen-bond donors (Lipinski definition) is 1. The van der Waals surface area contributed by atoms with E-state index in [1.54, 1.807) is 31.2 Å². The van der Waals surface area contributed by atoms with Gasteiger partial charge in [0.1, 0.15) is 22.5 Å². The molecule has 0 aliphatic rings. The molecule has 1 aromatic heterocycles. The van der Waals surface area contributed by atoms with Crippen LogP contribution >= 0.6 is 22.9 Å². The van der Waals surface area contributed by atoms with Crippen molar-refractivity contribution in [3.63, 3.8) is 0 Å². The Labute approximate surface area is 204 Å². The lowest BCUT2D eigenvalue weighted by Gasteiger charge is -2.30. The summed E-state index contributed by atoms with van der Waals surface area (Å²) >= 11 is 7.00. The van der Waals surface area contributed by atoms with E-state index in [0.29, 0.717) is 10.0 Å². The van der Waals surface area contributed by atoms with Crippen molar-refractivity contribution >= 4 is 55.4 Å². The predicted octanol–water partition coefficient (Wildman–Crippen LogP) is 3.96. The Bertz CT molecular complexity index is 1310. The first-order chi connectivity index (χ1) is 16.0. The fourth-order valence-corrected chi connectivity index (χ4v) is 5.26. The zero-order valence-electron chi connectivity index (χ0n) is 18.3. The minimum Gasteiger partial charge on any atom is -0.495 e. The lowest BCUT2D eigenvalue weighted by Crippen LogP contribution is -2.47. The van der Waals surface area contributed by atoms with E-state index in [1.807, 2.05) is 0 Å². The third kappa shape index (κ3) is 5.61. The summed E-state index contributed by atoms with van der Waals surface area (Å²) in [5.41, 5.74) is 0.269. The number of ether oxygens (including phenoxy) is 1. The van der Waals surface area contributed by atoms with E-state index in [2.05, 4.69) is 15.5 Å². The monoisotopic (exact) mass is 525 g/mol. The van der Waals surface area contributed by atoms with Gasteiger partial charge in [0.25, 0.3) is 5.69 Å². The van der Waals surface area contributed by atoms with Crippen LogP contribution in [0, 0.1) is 10.1 Å². The molecule has 0 aliphatic carbocycles. The molecule has 1 amide bonds. The molecular weight excluding hydrogens is 506 g/mol. The molecule has 180 valence electrons. The van der Waals surface area contributed by atoms with Crippen LogP contribution in [0.3, 0.4) is 0 Å². The normalized spacial score (nSPS) is 12.1. The zero-order valence-corrected chi connectivity index (χ0v) is 20.6. The van der Waals surface area contributed by atoms with Gasteiger partial charge < -0.3 is 4.74 Å². The van der Waals surface area contributed by atoms with Crippen LogP contribution in [0.1, 0.15) is 13.3 Å². The highest BCUT2D eigenvalue weighted by Crippen LogP contribution is 2.36. The number of carbonyl (C=O) groups is 1. The summed E-state index contributed by atoms with van der Waals surface area (Å²) in [6.07, 6.45) is 0.971. The van der Waals surface area contributed by atoms with Crippen molar-refractivity contribution in [3.05, 3.63) is 57.6 Å². The first kappa shape index (κ1) is 25.3. The Morgan fingerprint density at radius 1 is 1.26 bits per heavy atom. The second-order valence-corrected chi connectivity index (χ2v) is 10.3. The number of carbonyl (C=O) groups excluding carboxylic acids is 1. The molecule has 0 saturated carbocycles. The van der Waals surface area contributed by atoms with Crippen molar-refractivity contribution < 1.29 is 22.9 Å². The maximum atomic E-state index is 13.1. The minimum atomic E-state index is -4.06. The summed E-state index contributed by atoms with van der Waals surface area (Å²) in [5, 5.41) is 23.1. The molecule has 0 aliphatic heterocycles. The maximum Gasteiger partial charge on any atom is 0.271 e. The Balaban J connectivity index is 1.95. The van der Waals surface area contributed by atoms with Crippen LogP contribution in [-0.4, -0.2) is 48.9 Å². The van der Waals surface area contributed by atoms with E-state index in [4.69, 9.17) is 16.3 Å². The van der Waals surface area contributed by atoms with E-state index < -0.39 is 26.9 Å². The number of hydrogen-bond acceptors (Lipinski definition) is 9. The molecule has 1 heterocycles. The molecule has 34 heavy (non-hydrogen) atoms. The van der Waals surface area contributed by atoms with Gasteiger partial charge in [-0.05, 0) is 24.6 Å². The highest BCUT2D eigenvalue weighted by molar-refractivity contribution is 7.92. The quantitative estimate of drug-likeness (QED) is 0.326. The van der Waals surface area contributed by atoms with Crippen molar-refractivity contribution in [1.29, 1.82) is 0 Å². The van der Waals surface area contributed by atoms with Crippen molar-refractivity contribution in [2.24, 2.45) is 0 Å². The second kappa shape index (κ2) is 10.3. The number of nitro benzene ring substituents is 1. The highest BCUT2D eigenvalue weighted by Gasteiger charge is 2.35. The summed E-state index contributed by atoms with van der Waals surface area (Å²) in [4.78, 5) is 23.8. The zero-order chi connectivity index (χ0) is 25.0. The average molecular weight is 526 g/mol. The number of nitrogens with zero attached hydrogens (tertiary/aromatic N) is 4. The number of anilines is 2. The summed E-state index contributed by atoms with van der Waals surface area (Å²) in [6.45, 7) is 1.62. The van der Waals surface area contributed by atoms with Crippen LogP contribution in [0.5, 0.6) is 5.75 Å². The first-order valence-corrected chi connectivity index (χ1v) is 12.8. The van der Waals surface area contributed by atoms with Crippen LogP contribution in [0.25, 0.3) is 10.6 Å². The van der Waals surface area contributed by atoms with Gasteiger partial charge in [-0.25, -0.2) is 8.42 Å². The predicted molar refractivity (Wildman–Crippen MR) is 130 cm³/mol. The molecule has 2 aromatic carbocycles. The Morgan fingerprint density at radius 3 is 2.50 bits per heavy atom. The molecular formula is C20H20ClN5O6S2. The van der Waals surface area contributed by atoms with Crippen LogP contribution in [0.4, 0.5) is 16.5 Å². The number of nitro groups is 1. The van der Waals surface area contributed by atoms with Gasteiger partial charge in [-0.1, -0.05) is 42.0 Å². The molecule has 3 rings (SSSR count). The third-order valence-electron chi connectivity index (χ3n) is 4.69. The molecule has 0 fully saturated rings. The number of sulfonamides is 1. The number of non-ortho nitro benzene ring substituents is 1. The Morgan fingerprint density at radius 2 is 1.94 bits per heavy atom. The Kier molecular flexibility index (Phi) is 7.69. The van der Waals surface area contributed by atoms with Gasteiger partial charge in [0.05, 0.1) is 18.3 Å². The topological polar surface area (TPSA) is 145 Å². The van der Waals surface area contributed by atoms with E-state index in [-0.39, 0.29) is 28.7 Å². The Hall–Kier alpha value is -3.29. The van der Waals surface area contributed by atoms with E-state index in [9.17, 15) is 23.3 Å². The molecule has 0 radical (unpaired) electrons. The minimum absolute atomic E-state index is 0.0585. The summed E-state index contributed by atoms with van der Waals surface area (Å²) < 4.78 is 31.5. The summed E-state index contributed by atoms with van der Waals surface area (Å²) in [7, 11) is -2.76.